The number of carbonyl (C=O) groups is 1. The molecular formula is C13H14BrNO2. The summed E-state index contributed by atoms with van der Waals surface area (Å²) in [4.78, 5) is 11.4. The second-order valence-corrected chi connectivity index (χ2v) is 6.02. The van der Waals surface area contributed by atoms with Crippen molar-refractivity contribution in [2.45, 2.75) is 26.2 Å². The first-order chi connectivity index (χ1) is 7.80. The van der Waals surface area contributed by atoms with Gasteiger partial charge in [-0.3, -0.25) is 0 Å². The molecule has 1 heterocycles. The zero-order valence-corrected chi connectivity index (χ0v) is 11.6. The van der Waals surface area contributed by atoms with Crippen LogP contribution in [0.3, 0.4) is 0 Å². The van der Waals surface area contributed by atoms with Crippen LogP contribution in [0, 0.1) is 0 Å². The SMILES string of the molecule is CC(C)(C)c1cc2ccc(Br)cc2n1C(=O)O. The van der Waals surface area contributed by atoms with Gasteiger partial charge in [-0.1, -0.05) is 42.8 Å². The molecule has 0 bridgehead atoms. The molecule has 2 aromatic rings. The van der Waals surface area contributed by atoms with Crippen molar-refractivity contribution in [1.82, 2.24) is 4.57 Å². The number of halogens is 1. The smallest absolute Gasteiger partial charge is 0.416 e. The van der Waals surface area contributed by atoms with E-state index in [0.717, 1.165) is 21.1 Å². The van der Waals surface area contributed by atoms with E-state index in [1.54, 1.807) is 0 Å². The van der Waals surface area contributed by atoms with Crippen molar-refractivity contribution in [3.8, 4) is 0 Å². The van der Waals surface area contributed by atoms with E-state index >= 15 is 0 Å². The maximum atomic E-state index is 11.4. The Bertz CT molecular complexity index is 593. The molecule has 0 unspecified atom stereocenters. The third kappa shape index (κ3) is 2.09. The van der Waals surface area contributed by atoms with Crippen molar-refractivity contribution < 1.29 is 9.90 Å². The predicted octanol–water partition coefficient (Wildman–Crippen LogP) is 4.23. The fourth-order valence-electron chi connectivity index (χ4n) is 1.93. The number of hydrogen-bond acceptors (Lipinski definition) is 1. The van der Waals surface area contributed by atoms with Crippen molar-refractivity contribution in [2.24, 2.45) is 0 Å². The van der Waals surface area contributed by atoms with E-state index < -0.39 is 6.09 Å². The van der Waals surface area contributed by atoms with Crippen LogP contribution in [0.4, 0.5) is 4.79 Å². The second-order valence-electron chi connectivity index (χ2n) is 5.10. The van der Waals surface area contributed by atoms with Gasteiger partial charge in [0, 0.05) is 21.0 Å². The molecule has 2 rings (SSSR count). The molecule has 0 aliphatic rings. The van der Waals surface area contributed by atoms with Crippen LogP contribution in [-0.2, 0) is 5.41 Å². The summed E-state index contributed by atoms with van der Waals surface area (Å²) in [7, 11) is 0. The lowest BCUT2D eigenvalue weighted by Crippen LogP contribution is -2.21. The number of hydrogen-bond donors (Lipinski definition) is 1. The fourth-order valence-corrected chi connectivity index (χ4v) is 2.28. The van der Waals surface area contributed by atoms with E-state index in [0.29, 0.717) is 0 Å². The Hall–Kier alpha value is -1.29. The molecule has 1 aromatic heterocycles. The van der Waals surface area contributed by atoms with Gasteiger partial charge in [0.2, 0.25) is 0 Å². The van der Waals surface area contributed by atoms with E-state index in [9.17, 15) is 9.90 Å². The molecule has 0 aliphatic carbocycles. The van der Waals surface area contributed by atoms with E-state index in [-0.39, 0.29) is 5.41 Å². The number of carboxylic acid groups (broad SMARTS) is 1. The van der Waals surface area contributed by atoms with E-state index in [1.807, 2.05) is 45.0 Å². The molecule has 4 heteroatoms. The first-order valence-corrected chi connectivity index (χ1v) is 6.15. The molecule has 0 atom stereocenters. The number of rotatable bonds is 0. The van der Waals surface area contributed by atoms with Gasteiger partial charge in [0.1, 0.15) is 0 Å². The molecule has 0 saturated heterocycles. The van der Waals surface area contributed by atoms with Crippen LogP contribution in [0.1, 0.15) is 26.5 Å². The molecule has 0 radical (unpaired) electrons. The summed E-state index contributed by atoms with van der Waals surface area (Å²) in [5.41, 5.74) is 1.32. The zero-order valence-electron chi connectivity index (χ0n) is 9.99. The molecule has 1 N–H and O–H groups in total. The minimum absolute atomic E-state index is 0.204. The van der Waals surface area contributed by atoms with Gasteiger partial charge in [0.15, 0.2) is 0 Å². The first kappa shape index (κ1) is 12.2. The molecule has 17 heavy (non-hydrogen) atoms. The van der Waals surface area contributed by atoms with Crippen LogP contribution >= 0.6 is 15.9 Å². The van der Waals surface area contributed by atoms with Crippen molar-refractivity contribution in [3.63, 3.8) is 0 Å². The Morgan fingerprint density at radius 2 is 1.94 bits per heavy atom. The van der Waals surface area contributed by atoms with Crippen LogP contribution in [-0.4, -0.2) is 15.8 Å². The number of benzene rings is 1. The van der Waals surface area contributed by atoms with Crippen LogP contribution in [0.15, 0.2) is 28.7 Å². The van der Waals surface area contributed by atoms with Crippen molar-refractivity contribution in [2.75, 3.05) is 0 Å². The van der Waals surface area contributed by atoms with Gasteiger partial charge in [-0.2, -0.15) is 0 Å². The highest BCUT2D eigenvalue weighted by atomic mass is 79.9. The average molecular weight is 296 g/mol. The number of aromatic nitrogens is 1. The molecule has 3 nitrogen and oxygen atoms in total. The molecule has 90 valence electrons. The summed E-state index contributed by atoms with van der Waals surface area (Å²) >= 11 is 3.37. The third-order valence-electron chi connectivity index (χ3n) is 2.73. The first-order valence-electron chi connectivity index (χ1n) is 5.35. The Morgan fingerprint density at radius 3 is 2.47 bits per heavy atom. The maximum Gasteiger partial charge on any atom is 0.416 e. The number of nitrogens with zero attached hydrogens (tertiary/aromatic N) is 1. The molecule has 0 aliphatic heterocycles. The van der Waals surface area contributed by atoms with Crippen molar-refractivity contribution in [1.29, 1.82) is 0 Å². The van der Waals surface area contributed by atoms with Gasteiger partial charge < -0.3 is 5.11 Å². The van der Waals surface area contributed by atoms with E-state index in [1.165, 1.54) is 4.57 Å². The summed E-state index contributed by atoms with van der Waals surface area (Å²) in [6.07, 6.45) is -0.942. The summed E-state index contributed by atoms with van der Waals surface area (Å²) < 4.78 is 2.24. The Labute approximate surface area is 108 Å². The zero-order chi connectivity index (χ0) is 12.8. The quantitative estimate of drug-likeness (QED) is 0.790. The van der Waals surface area contributed by atoms with Crippen molar-refractivity contribution in [3.05, 3.63) is 34.4 Å². The lowest BCUT2D eigenvalue weighted by Gasteiger charge is -2.19. The minimum Gasteiger partial charge on any atom is -0.464 e. The highest BCUT2D eigenvalue weighted by Gasteiger charge is 2.23. The van der Waals surface area contributed by atoms with Crippen LogP contribution in [0.2, 0.25) is 0 Å². The molecule has 0 saturated carbocycles. The highest BCUT2D eigenvalue weighted by Crippen LogP contribution is 2.30. The largest absolute Gasteiger partial charge is 0.464 e. The lowest BCUT2D eigenvalue weighted by atomic mass is 9.92. The predicted molar refractivity (Wildman–Crippen MR) is 71.8 cm³/mol. The summed E-state index contributed by atoms with van der Waals surface area (Å²) in [5.74, 6) is 0. The van der Waals surface area contributed by atoms with Crippen LogP contribution in [0.5, 0.6) is 0 Å². The van der Waals surface area contributed by atoms with Gasteiger partial charge in [-0.15, -0.1) is 0 Å². The standard InChI is InChI=1S/C13H14BrNO2/c1-13(2,3)11-6-8-4-5-9(14)7-10(8)15(11)12(16)17/h4-7H,1-3H3,(H,16,17). The second kappa shape index (κ2) is 3.88. The molecule has 1 aromatic carbocycles. The monoisotopic (exact) mass is 295 g/mol. The average Bonchev–Trinajstić information content (AvgIpc) is 2.55. The van der Waals surface area contributed by atoms with Crippen molar-refractivity contribution >= 4 is 32.9 Å². The molecular weight excluding hydrogens is 282 g/mol. The highest BCUT2D eigenvalue weighted by molar-refractivity contribution is 9.10. The Morgan fingerprint density at radius 1 is 1.29 bits per heavy atom. The lowest BCUT2D eigenvalue weighted by molar-refractivity contribution is 0.195. The summed E-state index contributed by atoms with van der Waals surface area (Å²) in [5, 5.41) is 10.3. The normalized spacial score (nSPS) is 12.0. The summed E-state index contributed by atoms with van der Waals surface area (Å²) in [6, 6.07) is 7.61. The third-order valence-corrected chi connectivity index (χ3v) is 3.22. The summed E-state index contributed by atoms with van der Waals surface area (Å²) in [6.45, 7) is 6.03. The van der Waals surface area contributed by atoms with Gasteiger partial charge in [0.25, 0.3) is 0 Å². The van der Waals surface area contributed by atoms with Gasteiger partial charge >= 0.3 is 6.09 Å². The maximum absolute atomic E-state index is 11.4. The van der Waals surface area contributed by atoms with E-state index in [4.69, 9.17) is 0 Å². The van der Waals surface area contributed by atoms with Crippen LogP contribution in [0.25, 0.3) is 10.9 Å². The van der Waals surface area contributed by atoms with Gasteiger partial charge in [0.05, 0.1) is 5.52 Å². The topological polar surface area (TPSA) is 42.2 Å². The molecule has 0 spiro atoms. The Kier molecular flexibility index (Phi) is 2.78. The van der Waals surface area contributed by atoms with Gasteiger partial charge in [-0.05, 0) is 18.2 Å². The van der Waals surface area contributed by atoms with Crippen LogP contribution < -0.4 is 0 Å². The molecule has 0 fully saturated rings. The Balaban J connectivity index is 2.86. The molecule has 0 amide bonds. The van der Waals surface area contributed by atoms with E-state index in [2.05, 4.69) is 15.9 Å². The fraction of sp³-hybridized carbons (Fsp3) is 0.308. The minimum atomic E-state index is -0.942. The number of fused-ring (bicyclic) bond motifs is 1. The van der Waals surface area contributed by atoms with Gasteiger partial charge in [-0.25, -0.2) is 9.36 Å².